The largest absolute Gasteiger partial charge is 0.456 e. The summed E-state index contributed by atoms with van der Waals surface area (Å²) in [5, 5.41) is 7.31. The van der Waals surface area contributed by atoms with Gasteiger partial charge in [-0.1, -0.05) is 12.0 Å². The van der Waals surface area contributed by atoms with Crippen molar-refractivity contribution in [2.45, 2.75) is 101 Å². The number of carbonyl (C=O) groups is 3. The molecule has 9 nitrogen and oxygen atoms in total. The molecule has 8 aliphatic carbocycles. The minimum atomic E-state index is -4.09. The molecule has 2 atom stereocenters. The molecule has 224 valence electrons. The van der Waals surface area contributed by atoms with Crippen molar-refractivity contribution in [3.05, 3.63) is 0 Å². The molecule has 0 amide bonds. The van der Waals surface area contributed by atoms with Crippen LogP contribution in [0.1, 0.15) is 84.5 Å². The van der Waals surface area contributed by atoms with Crippen molar-refractivity contribution in [3.8, 4) is 0 Å². The van der Waals surface area contributed by atoms with Crippen LogP contribution in [0.25, 0.3) is 0 Å². The van der Waals surface area contributed by atoms with E-state index in [1.54, 1.807) is 6.92 Å². The van der Waals surface area contributed by atoms with Gasteiger partial charge < -0.3 is 14.2 Å². The van der Waals surface area contributed by atoms with Gasteiger partial charge in [-0.3, -0.25) is 4.79 Å². The molecule has 8 fully saturated rings. The van der Waals surface area contributed by atoms with Crippen LogP contribution in [0.2, 0.25) is 0 Å². The molecule has 8 rings (SSSR count). The summed E-state index contributed by atoms with van der Waals surface area (Å²) in [6.45, 7) is 3.40. The molecule has 0 radical (unpaired) electrons. The van der Waals surface area contributed by atoms with Gasteiger partial charge in [-0.15, -0.1) is 4.33 Å². The molecule has 2 unspecified atom stereocenters. The van der Waals surface area contributed by atoms with Crippen molar-refractivity contribution < 1.29 is 52.0 Å². The summed E-state index contributed by atoms with van der Waals surface area (Å²) in [5.74, 6) is -0.941. The van der Waals surface area contributed by atoms with Crippen molar-refractivity contribution >= 4 is 30.0 Å². The van der Waals surface area contributed by atoms with E-state index in [1.165, 1.54) is 6.42 Å². The van der Waals surface area contributed by atoms with Crippen molar-refractivity contribution in [2.75, 3.05) is 6.61 Å². The van der Waals surface area contributed by atoms with Gasteiger partial charge in [0, 0.05) is 11.8 Å². The molecular formula is C28H38F2O9S. The number of esters is 3. The number of carbonyl (C=O) groups excluding carboxylic acids is 3. The highest BCUT2D eigenvalue weighted by molar-refractivity contribution is 7.96. The van der Waals surface area contributed by atoms with Crippen LogP contribution in [0.5, 0.6) is 0 Å². The standard InChI is InChI=1S/C28H38F2O9S/c1-3-27(37-24(33)28(29,30)40-39-38-34)20-9-17-10-21(27)13-26(11-17,12-20)23(32)35-14-22(31)36-25(2)18-5-15-4-16(7-18)8-19(25)6-15/h15-21,34H,3-14H2,1-2H3. The first-order valence-electron chi connectivity index (χ1n) is 14.6. The zero-order valence-electron chi connectivity index (χ0n) is 22.9. The number of hydrogen-bond donors (Lipinski definition) is 1. The second-order valence-corrected chi connectivity index (χ2v) is 14.4. The van der Waals surface area contributed by atoms with Crippen LogP contribution in [-0.2, 0) is 38.0 Å². The first-order valence-corrected chi connectivity index (χ1v) is 15.3. The van der Waals surface area contributed by atoms with Crippen LogP contribution in [-0.4, -0.2) is 46.2 Å². The van der Waals surface area contributed by atoms with Gasteiger partial charge in [-0.05, 0) is 107 Å². The lowest BCUT2D eigenvalue weighted by Crippen LogP contribution is -2.64. The fraction of sp³-hybridized carbons (Fsp3) is 0.893. The lowest BCUT2D eigenvalue weighted by atomic mass is 9.44. The Morgan fingerprint density at radius 1 is 0.875 bits per heavy atom. The van der Waals surface area contributed by atoms with Crippen LogP contribution in [0.3, 0.4) is 0 Å². The Balaban J connectivity index is 1.09. The third-order valence-electron chi connectivity index (χ3n) is 11.7. The quantitative estimate of drug-likeness (QED) is 0.116. The summed E-state index contributed by atoms with van der Waals surface area (Å²) in [6.07, 6.45) is 8.62. The zero-order valence-corrected chi connectivity index (χ0v) is 23.7. The lowest BCUT2D eigenvalue weighted by Gasteiger charge is -2.63. The summed E-state index contributed by atoms with van der Waals surface area (Å²) in [4.78, 5) is 38.9. The Morgan fingerprint density at radius 3 is 2.00 bits per heavy atom. The minimum Gasteiger partial charge on any atom is -0.456 e. The first kappa shape index (κ1) is 28.6. The Morgan fingerprint density at radius 2 is 1.45 bits per heavy atom. The molecule has 0 heterocycles. The van der Waals surface area contributed by atoms with E-state index in [4.69, 9.17) is 19.5 Å². The average Bonchev–Trinajstić information content (AvgIpc) is 2.90. The Bertz CT molecular complexity index is 1010. The molecule has 0 spiro atoms. The van der Waals surface area contributed by atoms with Crippen molar-refractivity contribution in [1.29, 1.82) is 0 Å². The van der Waals surface area contributed by atoms with Gasteiger partial charge in [0.1, 0.15) is 23.2 Å². The molecule has 0 aromatic rings. The fourth-order valence-corrected chi connectivity index (χ4v) is 10.5. The van der Waals surface area contributed by atoms with E-state index in [9.17, 15) is 23.2 Å². The van der Waals surface area contributed by atoms with E-state index in [2.05, 4.69) is 16.3 Å². The Labute approximate surface area is 236 Å². The maximum absolute atomic E-state index is 14.3. The molecule has 40 heavy (non-hydrogen) atoms. The maximum atomic E-state index is 14.3. The van der Waals surface area contributed by atoms with Crippen LogP contribution >= 0.6 is 12.0 Å². The summed E-state index contributed by atoms with van der Waals surface area (Å²) in [7, 11) is 0. The van der Waals surface area contributed by atoms with Gasteiger partial charge in [-0.2, -0.15) is 8.78 Å². The molecule has 0 aromatic carbocycles. The predicted molar refractivity (Wildman–Crippen MR) is 135 cm³/mol. The van der Waals surface area contributed by atoms with Crippen LogP contribution in [0.15, 0.2) is 0 Å². The topological polar surface area (TPSA) is 118 Å². The third kappa shape index (κ3) is 4.55. The van der Waals surface area contributed by atoms with E-state index in [-0.39, 0.29) is 17.8 Å². The highest BCUT2D eigenvalue weighted by atomic mass is 32.2. The van der Waals surface area contributed by atoms with Crippen molar-refractivity contribution in [2.24, 2.45) is 46.8 Å². The Kier molecular flexibility index (Phi) is 7.19. The number of halogens is 2. The molecule has 1 N–H and O–H groups in total. The number of rotatable bonds is 10. The van der Waals surface area contributed by atoms with E-state index < -0.39 is 58.4 Å². The number of ether oxygens (including phenoxy) is 3. The number of hydrogen-bond acceptors (Lipinski definition) is 10. The second-order valence-electron chi connectivity index (χ2n) is 13.6. The first-order chi connectivity index (χ1) is 18.9. The van der Waals surface area contributed by atoms with E-state index in [0.717, 1.165) is 37.5 Å². The van der Waals surface area contributed by atoms with E-state index in [0.29, 0.717) is 50.4 Å². The van der Waals surface area contributed by atoms with Gasteiger partial charge in [-0.25, -0.2) is 14.8 Å². The molecular weight excluding hydrogens is 550 g/mol. The summed E-state index contributed by atoms with van der Waals surface area (Å²) in [5.41, 5.74) is -2.48. The van der Waals surface area contributed by atoms with Gasteiger partial charge in [0.05, 0.1) is 5.41 Å². The monoisotopic (exact) mass is 588 g/mol. The Hall–Kier alpha value is -1.50. The van der Waals surface area contributed by atoms with Crippen LogP contribution in [0.4, 0.5) is 8.78 Å². The normalized spacial score (nSPS) is 44.5. The maximum Gasteiger partial charge on any atom is 0.415 e. The number of alkyl halides is 2. The molecule has 0 saturated heterocycles. The van der Waals surface area contributed by atoms with Crippen molar-refractivity contribution in [3.63, 3.8) is 0 Å². The van der Waals surface area contributed by atoms with Crippen molar-refractivity contribution in [1.82, 2.24) is 0 Å². The predicted octanol–water partition coefficient (Wildman–Crippen LogP) is 5.47. The molecule has 0 aliphatic heterocycles. The average molecular weight is 589 g/mol. The molecule has 0 aromatic heterocycles. The van der Waals surface area contributed by atoms with Crippen LogP contribution < -0.4 is 0 Å². The minimum absolute atomic E-state index is 0.184. The summed E-state index contributed by atoms with van der Waals surface area (Å²) in [6, 6.07) is 0. The van der Waals surface area contributed by atoms with Gasteiger partial charge >= 0.3 is 23.2 Å². The molecule has 8 bridgehead atoms. The summed E-state index contributed by atoms with van der Waals surface area (Å²) >= 11 is -0.643. The lowest BCUT2D eigenvalue weighted by molar-refractivity contribution is -0.433. The fourth-order valence-electron chi connectivity index (χ4n) is 10.3. The smallest absolute Gasteiger partial charge is 0.415 e. The molecule has 12 heteroatoms. The zero-order chi connectivity index (χ0) is 28.5. The second kappa shape index (κ2) is 10.1. The SMILES string of the molecule is CCC1(OC(=O)C(F)(F)SOOO)C2CC3CC1CC(C(=O)OCC(=O)OC1(C)C4CC5CC(C4)CC1C5)(C3)C2. The van der Waals surface area contributed by atoms with Gasteiger partial charge in [0.25, 0.3) is 0 Å². The van der Waals surface area contributed by atoms with Crippen LogP contribution in [0, 0.1) is 46.8 Å². The van der Waals surface area contributed by atoms with Gasteiger partial charge in [0.15, 0.2) is 6.61 Å². The third-order valence-corrected chi connectivity index (χ3v) is 12.2. The van der Waals surface area contributed by atoms with Gasteiger partial charge in [0.2, 0.25) is 0 Å². The molecule has 8 saturated carbocycles. The molecule has 8 aliphatic rings. The van der Waals surface area contributed by atoms with E-state index in [1.807, 2.05) is 0 Å². The highest BCUT2D eigenvalue weighted by Crippen LogP contribution is 2.66. The highest BCUT2D eigenvalue weighted by Gasteiger charge is 2.67. The van der Waals surface area contributed by atoms with E-state index >= 15 is 0 Å². The summed E-state index contributed by atoms with van der Waals surface area (Å²) < 4.78 is 49.5.